The zero-order valence-electron chi connectivity index (χ0n) is 8.63. The fourth-order valence-corrected chi connectivity index (χ4v) is 2.68. The Labute approximate surface area is 93.0 Å². The minimum Gasteiger partial charge on any atom is -0.319 e. The number of nitrogens with zero attached hydrogens (tertiary/aromatic N) is 2. The quantitative estimate of drug-likeness (QED) is 0.893. The molecule has 2 rings (SSSR count). The van der Waals surface area contributed by atoms with Crippen LogP contribution in [0.5, 0.6) is 0 Å². The molecule has 1 N–H and O–H groups in total. The first-order valence-electron chi connectivity index (χ1n) is 5.06. The van der Waals surface area contributed by atoms with Crippen LogP contribution in [-0.4, -0.2) is 23.4 Å². The highest BCUT2D eigenvalue weighted by molar-refractivity contribution is 9.10. The third-order valence-electron chi connectivity index (χ3n) is 2.90. The first-order valence-corrected chi connectivity index (χ1v) is 5.85. The molecule has 1 atom stereocenters. The van der Waals surface area contributed by atoms with Crippen molar-refractivity contribution in [1.29, 1.82) is 0 Å². The standard InChI is InChI=1S/C10H16BrN3/c1-12-5-8(7-3-4-7)10-9(11)6-13-14(10)2/h6-8,12H,3-5H2,1-2H3. The van der Waals surface area contributed by atoms with E-state index in [0.29, 0.717) is 5.92 Å². The fraction of sp³-hybridized carbons (Fsp3) is 0.700. The largest absolute Gasteiger partial charge is 0.319 e. The molecule has 1 aromatic heterocycles. The zero-order chi connectivity index (χ0) is 10.1. The third kappa shape index (κ3) is 1.86. The molecule has 1 heterocycles. The van der Waals surface area contributed by atoms with Crippen LogP contribution in [-0.2, 0) is 7.05 Å². The molecule has 1 fully saturated rings. The Kier molecular flexibility index (Phi) is 2.93. The maximum absolute atomic E-state index is 4.27. The normalized spacial score (nSPS) is 18.5. The molecule has 0 spiro atoms. The van der Waals surface area contributed by atoms with Crippen LogP contribution in [0.25, 0.3) is 0 Å². The van der Waals surface area contributed by atoms with Crippen LogP contribution in [0.1, 0.15) is 24.5 Å². The Morgan fingerprint density at radius 3 is 2.86 bits per heavy atom. The van der Waals surface area contributed by atoms with Crippen molar-refractivity contribution < 1.29 is 0 Å². The van der Waals surface area contributed by atoms with E-state index >= 15 is 0 Å². The van der Waals surface area contributed by atoms with E-state index in [9.17, 15) is 0 Å². The number of aromatic nitrogens is 2. The minimum atomic E-state index is 0.613. The topological polar surface area (TPSA) is 29.9 Å². The molecule has 0 bridgehead atoms. The molecule has 3 nitrogen and oxygen atoms in total. The Morgan fingerprint density at radius 1 is 1.71 bits per heavy atom. The molecule has 0 saturated heterocycles. The molecular weight excluding hydrogens is 242 g/mol. The third-order valence-corrected chi connectivity index (χ3v) is 3.51. The second kappa shape index (κ2) is 4.03. The van der Waals surface area contributed by atoms with Crippen LogP contribution in [0.2, 0.25) is 0 Å². The van der Waals surface area contributed by atoms with Gasteiger partial charge in [0.15, 0.2) is 0 Å². The van der Waals surface area contributed by atoms with Gasteiger partial charge in [-0.05, 0) is 41.7 Å². The van der Waals surface area contributed by atoms with Crippen LogP contribution < -0.4 is 5.32 Å². The van der Waals surface area contributed by atoms with Crippen molar-refractivity contribution in [2.75, 3.05) is 13.6 Å². The van der Waals surface area contributed by atoms with Gasteiger partial charge in [-0.15, -0.1) is 0 Å². The van der Waals surface area contributed by atoms with E-state index in [2.05, 4.69) is 26.3 Å². The van der Waals surface area contributed by atoms with Gasteiger partial charge >= 0.3 is 0 Å². The average molecular weight is 258 g/mol. The number of aryl methyl sites for hydroxylation is 1. The summed E-state index contributed by atoms with van der Waals surface area (Å²) in [7, 11) is 4.03. The summed E-state index contributed by atoms with van der Waals surface area (Å²) in [4.78, 5) is 0. The van der Waals surface area contributed by atoms with E-state index in [0.717, 1.165) is 16.9 Å². The van der Waals surface area contributed by atoms with Gasteiger partial charge in [0, 0.05) is 19.5 Å². The lowest BCUT2D eigenvalue weighted by Crippen LogP contribution is -2.21. The molecule has 1 aromatic rings. The smallest absolute Gasteiger partial charge is 0.0635 e. The lowest BCUT2D eigenvalue weighted by atomic mass is 10.00. The molecule has 1 saturated carbocycles. The Hall–Kier alpha value is -0.350. The summed E-state index contributed by atoms with van der Waals surface area (Å²) in [6.07, 6.45) is 4.62. The highest BCUT2D eigenvalue weighted by Gasteiger charge is 2.34. The summed E-state index contributed by atoms with van der Waals surface area (Å²) in [6.45, 7) is 1.04. The highest BCUT2D eigenvalue weighted by Crippen LogP contribution is 2.43. The van der Waals surface area contributed by atoms with Crippen LogP contribution in [0.15, 0.2) is 10.7 Å². The second-order valence-corrected chi connectivity index (χ2v) is 4.86. The lowest BCUT2D eigenvalue weighted by molar-refractivity contribution is 0.521. The molecule has 1 aliphatic rings. The predicted molar refractivity (Wildman–Crippen MR) is 60.3 cm³/mol. The Morgan fingerprint density at radius 2 is 2.43 bits per heavy atom. The molecule has 14 heavy (non-hydrogen) atoms. The van der Waals surface area contributed by atoms with Crippen molar-refractivity contribution in [2.45, 2.75) is 18.8 Å². The van der Waals surface area contributed by atoms with E-state index in [4.69, 9.17) is 0 Å². The molecular formula is C10H16BrN3. The molecule has 0 aromatic carbocycles. The maximum Gasteiger partial charge on any atom is 0.0635 e. The van der Waals surface area contributed by atoms with Crippen molar-refractivity contribution in [1.82, 2.24) is 15.1 Å². The van der Waals surface area contributed by atoms with Gasteiger partial charge in [-0.1, -0.05) is 0 Å². The second-order valence-electron chi connectivity index (χ2n) is 4.00. The van der Waals surface area contributed by atoms with Gasteiger partial charge < -0.3 is 5.32 Å². The maximum atomic E-state index is 4.27. The zero-order valence-corrected chi connectivity index (χ0v) is 10.2. The van der Waals surface area contributed by atoms with Crippen molar-refractivity contribution in [3.05, 3.63) is 16.4 Å². The van der Waals surface area contributed by atoms with Gasteiger partial charge in [-0.25, -0.2) is 0 Å². The molecule has 0 amide bonds. The van der Waals surface area contributed by atoms with Gasteiger partial charge in [0.05, 0.1) is 16.4 Å². The van der Waals surface area contributed by atoms with Gasteiger partial charge in [-0.3, -0.25) is 4.68 Å². The molecule has 0 radical (unpaired) electrons. The molecule has 4 heteroatoms. The van der Waals surface area contributed by atoms with Gasteiger partial charge in [0.2, 0.25) is 0 Å². The van der Waals surface area contributed by atoms with Gasteiger partial charge in [0.25, 0.3) is 0 Å². The van der Waals surface area contributed by atoms with E-state index in [1.807, 2.05) is 25.0 Å². The summed E-state index contributed by atoms with van der Waals surface area (Å²) in [5.74, 6) is 1.47. The number of rotatable bonds is 4. The minimum absolute atomic E-state index is 0.613. The van der Waals surface area contributed by atoms with E-state index < -0.39 is 0 Å². The average Bonchev–Trinajstić information content (AvgIpc) is 2.92. The monoisotopic (exact) mass is 257 g/mol. The summed E-state index contributed by atoms with van der Waals surface area (Å²) < 4.78 is 3.14. The van der Waals surface area contributed by atoms with E-state index in [-0.39, 0.29) is 0 Å². The summed E-state index contributed by atoms with van der Waals surface area (Å²) >= 11 is 3.57. The summed E-state index contributed by atoms with van der Waals surface area (Å²) in [5, 5.41) is 7.54. The van der Waals surface area contributed by atoms with Crippen LogP contribution >= 0.6 is 15.9 Å². The highest BCUT2D eigenvalue weighted by atomic mass is 79.9. The number of likely N-dealkylation sites (N-methyl/N-ethyl adjacent to an activating group) is 1. The van der Waals surface area contributed by atoms with Crippen molar-refractivity contribution in [2.24, 2.45) is 13.0 Å². The molecule has 78 valence electrons. The van der Waals surface area contributed by atoms with Crippen molar-refractivity contribution in [3.8, 4) is 0 Å². The summed E-state index contributed by atoms with van der Waals surface area (Å²) in [5.41, 5.74) is 1.34. The predicted octanol–water partition coefficient (Wildman–Crippen LogP) is 1.90. The van der Waals surface area contributed by atoms with Crippen LogP contribution in [0.3, 0.4) is 0 Å². The first-order chi connectivity index (χ1) is 6.74. The van der Waals surface area contributed by atoms with E-state index in [1.54, 1.807) is 0 Å². The Balaban J connectivity index is 2.24. The van der Waals surface area contributed by atoms with Crippen LogP contribution in [0, 0.1) is 5.92 Å². The number of halogens is 1. The molecule has 0 aliphatic heterocycles. The molecule has 1 unspecified atom stereocenters. The first kappa shape index (κ1) is 10.2. The van der Waals surface area contributed by atoms with Crippen molar-refractivity contribution >= 4 is 15.9 Å². The number of hydrogen-bond acceptors (Lipinski definition) is 2. The fourth-order valence-electron chi connectivity index (χ4n) is 2.04. The number of hydrogen-bond donors (Lipinski definition) is 1. The van der Waals surface area contributed by atoms with Gasteiger partial charge in [-0.2, -0.15) is 5.10 Å². The van der Waals surface area contributed by atoms with Crippen molar-refractivity contribution in [3.63, 3.8) is 0 Å². The van der Waals surface area contributed by atoms with Crippen LogP contribution in [0.4, 0.5) is 0 Å². The summed E-state index contributed by atoms with van der Waals surface area (Å²) in [6, 6.07) is 0. The van der Waals surface area contributed by atoms with E-state index in [1.165, 1.54) is 18.5 Å². The lowest BCUT2D eigenvalue weighted by Gasteiger charge is -2.16. The SMILES string of the molecule is CNCC(c1c(Br)cnn1C)C1CC1. The Bertz CT molecular complexity index is 298. The number of nitrogens with one attached hydrogen (secondary N) is 1. The van der Waals surface area contributed by atoms with Gasteiger partial charge in [0.1, 0.15) is 0 Å². The molecule has 1 aliphatic carbocycles.